The van der Waals surface area contributed by atoms with Crippen LogP contribution in [0.15, 0.2) is 66.7 Å². The van der Waals surface area contributed by atoms with Crippen LogP contribution in [0.3, 0.4) is 0 Å². The molecule has 10 heteroatoms. The number of ether oxygens (including phenoxy) is 1. The third-order valence-electron chi connectivity index (χ3n) is 5.79. The number of phenols is 1. The zero-order valence-electron chi connectivity index (χ0n) is 18.5. The molecule has 1 atom stereocenters. The van der Waals surface area contributed by atoms with Crippen LogP contribution in [0.25, 0.3) is 11.1 Å². The summed E-state index contributed by atoms with van der Waals surface area (Å²) in [6.45, 7) is 4.77. The second-order valence-electron chi connectivity index (χ2n) is 8.30. The molecule has 1 N–H and O–H groups in total. The number of rotatable bonds is 9. The lowest BCUT2D eigenvalue weighted by Gasteiger charge is -2.24. The molecular weight excluding hydrogens is 457 g/mol. The van der Waals surface area contributed by atoms with Gasteiger partial charge in [-0.25, -0.2) is 9.34 Å². The molecule has 0 radical (unpaired) electrons. The number of hydrogen-bond donors (Lipinski definition) is 1. The fourth-order valence-electron chi connectivity index (χ4n) is 3.69. The van der Waals surface area contributed by atoms with Gasteiger partial charge in [0.15, 0.2) is 0 Å². The molecule has 0 aromatic heterocycles. The van der Waals surface area contributed by atoms with Crippen molar-refractivity contribution < 1.29 is 23.9 Å². The second-order valence-corrected chi connectivity index (χ2v) is 10.6. The molecule has 176 valence electrons. The summed E-state index contributed by atoms with van der Waals surface area (Å²) in [5, 5.41) is 21.1. The van der Waals surface area contributed by atoms with E-state index in [0.29, 0.717) is 11.3 Å². The number of nitro benzene ring substituents is 1. The molecule has 3 aromatic carbocycles. The quantitative estimate of drug-likeness (QED) is 0.183. The van der Waals surface area contributed by atoms with Gasteiger partial charge in [-0.1, -0.05) is 24.3 Å². The molecule has 0 aliphatic carbocycles. The molecule has 2 saturated heterocycles. The molecule has 0 saturated carbocycles. The van der Waals surface area contributed by atoms with Gasteiger partial charge in [0.1, 0.15) is 11.5 Å². The first-order valence-electron chi connectivity index (χ1n) is 11.0. The minimum absolute atomic E-state index is 0.0867. The fourth-order valence-corrected chi connectivity index (χ4v) is 6.03. The van der Waals surface area contributed by atoms with Crippen LogP contribution in [0.1, 0.15) is 18.6 Å². The molecule has 1 unspecified atom stereocenters. The molecule has 2 aliphatic rings. The molecule has 9 nitrogen and oxygen atoms in total. The van der Waals surface area contributed by atoms with Crippen LogP contribution in [0, 0.1) is 10.1 Å². The van der Waals surface area contributed by atoms with Crippen molar-refractivity contribution in [1.29, 1.82) is 0 Å². The van der Waals surface area contributed by atoms with Crippen molar-refractivity contribution in [3.63, 3.8) is 0 Å². The van der Waals surface area contributed by atoms with E-state index in [-0.39, 0.29) is 17.2 Å². The zero-order chi connectivity index (χ0) is 23.9. The minimum atomic E-state index is -3.04. The Kier molecular flexibility index (Phi) is 5.87. The molecule has 0 bridgehead atoms. The van der Waals surface area contributed by atoms with Crippen LogP contribution in [0.5, 0.6) is 17.2 Å². The average Bonchev–Trinajstić information content (AvgIpc) is 3.72. The fraction of sp³-hybridized carbons (Fsp3) is 0.250. The number of hydrogen-bond acceptors (Lipinski definition) is 6. The van der Waals surface area contributed by atoms with Crippen molar-refractivity contribution in [2.75, 3.05) is 26.2 Å². The van der Waals surface area contributed by atoms with Crippen LogP contribution in [-0.2, 0) is 9.09 Å². The summed E-state index contributed by atoms with van der Waals surface area (Å²) in [5.74, 6) is 0.716. The topological polar surface area (TPSA) is 105 Å². The Bertz CT molecular complexity index is 1240. The summed E-state index contributed by atoms with van der Waals surface area (Å²) in [6, 6.07) is 18.5. The normalized spacial score (nSPS) is 16.7. The Morgan fingerprint density at radius 1 is 0.941 bits per heavy atom. The predicted octanol–water partition coefficient (Wildman–Crippen LogP) is 5.58. The Morgan fingerprint density at radius 3 is 2.03 bits per heavy atom. The smallest absolute Gasteiger partial charge is 0.346 e. The van der Waals surface area contributed by atoms with Gasteiger partial charge in [-0.3, -0.25) is 19.2 Å². The lowest BCUT2D eigenvalue weighted by molar-refractivity contribution is -0.385. The van der Waals surface area contributed by atoms with E-state index >= 15 is 0 Å². The summed E-state index contributed by atoms with van der Waals surface area (Å²) in [5.41, 5.74) is 2.31. The van der Waals surface area contributed by atoms with Crippen molar-refractivity contribution in [1.82, 2.24) is 9.34 Å². The van der Waals surface area contributed by atoms with Gasteiger partial charge in [-0.15, -0.1) is 0 Å². The van der Waals surface area contributed by atoms with Gasteiger partial charge in [-0.05, 0) is 60.0 Å². The van der Waals surface area contributed by atoms with E-state index in [1.54, 1.807) is 55.5 Å². The zero-order valence-corrected chi connectivity index (χ0v) is 19.4. The van der Waals surface area contributed by atoms with Gasteiger partial charge < -0.3 is 9.84 Å². The highest BCUT2D eigenvalue weighted by Gasteiger charge is 2.50. The van der Waals surface area contributed by atoms with E-state index in [9.17, 15) is 19.8 Å². The maximum absolute atomic E-state index is 13.3. The van der Waals surface area contributed by atoms with E-state index in [0.717, 1.165) is 37.3 Å². The second kappa shape index (κ2) is 8.85. The van der Waals surface area contributed by atoms with E-state index in [2.05, 4.69) is 0 Å². The highest BCUT2D eigenvalue weighted by molar-refractivity contribution is 7.54. The summed E-state index contributed by atoms with van der Waals surface area (Å²) >= 11 is 0. The van der Waals surface area contributed by atoms with Crippen LogP contribution < -0.4 is 4.74 Å². The van der Waals surface area contributed by atoms with Crippen LogP contribution in [0.2, 0.25) is 0 Å². The van der Waals surface area contributed by atoms with Gasteiger partial charge in [-0.2, -0.15) is 0 Å². The first-order chi connectivity index (χ1) is 16.3. The minimum Gasteiger partial charge on any atom is -0.508 e. The van der Waals surface area contributed by atoms with E-state index < -0.39 is 18.7 Å². The number of benzene rings is 3. The molecule has 0 amide bonds. The van der Waals surface area contributed by atoms with Crippen LogP contribution in [-0.4, -0.2) is 45.5 Å². The molecule has 2 heterocycles. The van der Waals surface area contributed by atoms with E-state index in [4.69, 9.17) is 9.26 Å². The maximum atomic E-state index is 13.3. The Morgan fingerprint density at radius 2 is 1.50 bits per heavy atom. The summed E-state index contributed by atoms with van der Waals surface area (Å²) < 4.78 is 28.9. The van der Waals surface area contributed by atoms with Gasteiger partial charge in [0.25, 0.3) is 0 Å². The van der Waals surface area contributed by atoms with Crippen molar-refractivity contribution in [2.45, 2.75) is 13.0 Å². The number of nitro groups is 1. The van der Waals surface area contributed by atoms with Crippen molar-refractivity contribution in [3.8, 4) is 28.4 Å². The predicted molar refractivity (Wildman–Crippen MR) is 127 cm³/mol. The number of nitrogens with zero attached hydrogens (tertiary/aromatic N) is 3. The maximum Gasteiger partial charge on any atom is 0.346 e. The van der Waals surface area contributed by atoms with Crippen molar-refractivity contribution in [2.24, 2.45) is 0 Å². The SMILES string of the molecule is CC(OP(=O)(N1CC1)N1CC1)c1ccc([N+](=O)[O-])c(Oc2ccc(-c3ccc(O)cc3)cc2)c1. The Hall–Kier alpha value is -3.23. The molecule has 3 aromatic rings. The number of aromatic hydroxyl groups is 1. The lowest BCUT2D eigenvalue weighted by atomic mass is 10.1. The summed E-state index contributed by atoms with van der Waals surface area (Å²) in [4.78, 5) is 11.1. The number of phenolic OH excluding ortho intramolecular Hbond substituents is 1. The molecule has 5 rings (SSSR count). The standard InChI is InChI=1S/C24H24N3O6P/c1-17(33-34(31,25-12-13-25)26-14-15-26)20-6-11-23(27(29)30)24(16-20)32-22-9-4-19(5-10-22)18-2-7-21(28)8-3-18/h2-11,16-17,28H,12-15H2,1H3. The highest BCUT2D eigenvalue weighted by Crippen LogP contribution is 2.63. The van der Waals surface area contributed by atoms with Crippen molar-refractivity contribution >= 4 is 13.4 Å². The molecule has 2 fully saturated rings. The first kappa shape index (κ1) is 22.6. The third kappa shape index (κ3) is 4.69. The summed E-state index contributed by atoms with van der Waals surface area (Å²) in [7, 11) is -3.04. The lowest BCUT2D eigenvalue weighted by Crippen LogP contribution is -2.10. The average molecular weight is 481 g/mol. The van der Waals surface area contributed by atoms with Gasteiger partial charge in [0, 0.05) is 32.2 Å². The molecule has 34 heavy (non-hydrogen) atoms. The van der Waals surface area contributed by atoms with E-state index in [1.807, 2.05) is 21.5 Å². The molecule has 0 spiro atoms. The molecular formula is C24H24N3O6P. The van der Waals surface area contributed by atoms with Crippen molar-refractivity contribution in [3.05, 3.63) is 82.4 Å². The Labute approximate surface area is 196 Å². The van der Waals surface area contributed by atoms with Gasteiger partial charge >= 0.3 is 13.4 Å². The highest BCUT2D eigenvalue weighted by atomic mass is 31.2. The largest absolute Gasteiger partial charge is 0.508 e. The van der Waals surface area contributed by atoms with Gasteiger partial charge in [0.05, 0.1) is 11.0 Å². The van der Waals surface area contributed by atoms with Gasteiger partial charge in [0.2, 0.25) is 5.75 Å². The van der Waals surface area contributed by atoms with E-state index in [1.165, 1.54) is 6.07 Å². The monoisotopic (exact) mass is 481 g/mol. The first-order valence-corrected chi connectivity index (χ1v) is 12.5. The van der Waals surface area contributed by atoms with Crippen LogP contribution >= 0.6 is 7.67 Å². The summed E-state index contributed by atoms with van der Waals surface area (Å²) in [6.07, 6.45) is -0.535. The van der Waals surface area contributed by atoms with Crippen LogP contribution in [0.4, 0.5) is 5.69 Å². The Balaban J connectivity index is 1.37. The third-order valence-corrected chi connectivity index (χ3v) is 8.61. The molecule has 2 aliphatic heterocycles.